The smallest absolute Gasteiger partial charge is 0.335 e. The number of hydrogen-bond donors (Lipinski definition) is 1. The van der Waals surface area contributed by atoms with Gasteiger partial charge in [-0.2, -0.15) is 0 Å². The van der Waals surface area contributed by atoms with E-state index in [2.05, 4.69) is 0 Å². The number of Topliss-reactive ketones (excluding diaryl/α,β-unsaturated/α-hetero) is 1. The fourth-order valence-corrected chi connectivity index (χ4v) is 3.21. The lowest BCUT2D eigenvalue weighted by molar-refractivity contribution is -0.315. The average molecular weight is 356 g/mol. The molecule has 0 aliphatic heterocycles. The van der Waals surface area contributed by atoms with Gasteiger partial charge in [0.05, 0.1) is 12.2 Å². The third-order valence-electron chi connectivity index (χ3n) is 3.59. The van der Waals surface area contributed by atoms with Crippen LogP contribution in [0.5, 0.6) is 5.75 Å². The molecule has 1 aromatic rings. The summed E-state index contributed by atoms with van der Waals surface area (Å²) in [6.07, 6.45) is 2.77. The van der Waals surface area contributed by atoms with Crippen molar-refractivity contribution in [1.82, 2.24) is 0 Å². The standard InChI is InChI=1S/C16H23O7P/c1-12(17)15(24(20,21)22)6-4-2-3-5-11-23-14-9-7-13(8-10-14)16(18)19/h7-10,15H,2-6,11H2,1H3,(H,18,19)(H2,20,21,22)/p-2. The van der Waals surface area contributed by atoms with Crippen molar-refractivity contribution in [2.75, 3.05) is 6.61 Å². The molecular weight excluding hydrogens is 335 g/mol. The Labute approximate surface area is 140 Å². The first-order valence-electron chi connectivity index (χ1n) is 7.70. The number of carbonyl (C=O) groups excluding carboxylic acids is 1. The van der Waals surface area contributed by atoms with Crippen LogP contribution in [0.1, 0.15) is 49.4 Å². The highest BCUT2D eigenvalue weighted by Gasteiger charge is 2.17. The lowest BCUT2D eigenvalue weighted by Gasteiger charge is -2.36. The van der Waals surface area contributed by atoms with Crippen LogP contribution in [0, 0.1) is 0 Å². The Hall–Kier alpha value is -1.69. The summed E-state index contributed by atoms with van der Waals surface area (Å²) in [5, 5.41) is 8.78. The number of ether oxygens (including phenoxy) is 1. The Balaban J connectivity index is 2.19. The molecule has 0 bridgehead atoms. The Morgan fingerprint density at radius 2 is 1.71 bits per heavy atom. The molecule has 1 unspecified atom stereocenters. The molecule has 0 heterocycles. The van der Waals surface area contributed by atoms with Crippen molar-refractivity contribution in [2.45, 2.75) is 44.7 Å². The van der Waals surface area contributed by atoms with Crippen LogP contribution in [-0.2, 0) is 9.36 Å². The summed E-state index contributed by atoms with van der Waals surface area (Å²) < 4.78 is 16.4. The predicted octanol–water partition coefficient (Wildman–Crippen LogP) is 1.59. The minimum atomic E-state index is -4.86. The Kier molecular flexibility index (Phi) is 8.11. The van der Waals surface area contributed by atoms with Gasteiger partial charge in [-0.05, 0) is 44.0 Å². The minimum absolute atomic E-state index is 0.0666. The molecule has 1 N–H and O–H groups in total. The number of ketones is 1. The van der Waals surface area contributed by atoms with Gasteiger partial charge < -0.3 is 24.2 Å². The lowest BCUT2D eigenvalue weighted by atomic mass is 10.1. The maximum Gasteiger partial charge on any atom is 0.335 e. The zero-order chi connectivity index (χ0) is 18.2. The second kappa shape index (κ2) is 9.57. The number of hydrogen-bond acceptors (Lipinski definition) is 6. The van der Waals surface area contributed by atoms with Gasteiger partial charge in [0.15, 0.2) is 0 Å². The molecule has 0 aliphatic rings. The molecule has 0 aromatic heterocycles. The van der Waals surface area contributed by atoms with E-state index in [1.807, 2.05) is 0 Å². The van der Waals surface area contributed by atoms with Crippen LogP contribution < -0.4 is 14.5 Å². The first kappa shape index (κ1) is 20.4. The van der Waals surface area contributed by atoms with Crippen molar-refractivity contribution < 1.29 is 33.8 Å². The van der Waals surface area contributed by atoms with Crippen LogP contribution in [0.3, 0.4) is 0 Å². The van der Waals surface area contributed by atoms with Crippen LogP contribution in [0.25, 0.3) is 0 Å². The molecule has 7 nitrogen and oxygen atoms in total. The minimum Gasteiger partial charge on any atom is -0.810 e. The first-order valence-corrected chi connectivity index (χ1v) is 9.31. The van der Waals surface area contributed by atoms with Gasteiger partial charge in [-0.25, -0.2) is 4.79 Å². The highest BCUT2D eigenvalue weighted by molar-refractivity contribution is 7.50. The van der Waals surface area contributed by atoms with E-state index in [4.69, 9.17) is 9.84 Å². The first-order chi connectivity index (χ1) is 11.2. The van der Waals surface area contributed by atoms with E-state index in [0.717, 1.165) is 19.8 Å². The molecule has 0 aliphatic carbocycles. The van der Waals surface area contributed by atoms with E-state index in [0.29, 0.717) is 25.2 Å². The lowest BCUT2D eigenvalue weighted by Crippen LogP contribution is -2.31. The van der Waals surface area contributed by atoms with Gasteiger partial charge in [0.25, 0.3) is 0 Å². The molecule has 0 radical (unpaired) electrons. The molecule has 0 saturated carbocycles. The highest BCUT2D eigenvalue weighted by Crippen LogP contribution is 2.35. The van der Waals surface area contributed by atoms with Crippen LogP contribution in [0.4, 0.5) is 0 Å². The summed E-state index contributed by atoms with van der Waals surface area (Å²) in [5.74, 6) is -1.02. The van der Waals surface area contributed by atoms with Gasteiger partial charge in [-0.15, -0.1) is 0 Å². The highest BCUT2D eigenvalue weighted by atomic mass is 31.2. The normalized spacial score (nSPS) is 12.6. The van der Waals surface area contributed by atoms with Crippen LogP contribution >= 0.6 is 7.60 Å². The van der Waals surface area contributed by atoms with Crippen LogP contribution in [0.2, 0.25) is 0 Å². The summed E-state index contributed by atoms with van der Waals surface area (Å²) in [4.78, 5) is 43.8. The Bertz CT molecular complexity index is 591. The average Bonchev–Trinajstić information content (AvgIpc) is 2.48. The number of unbranched alkanes of at least 4 members (excludes halogenated alkanes) is 3. The van der Waals surface area contributed by atoms with Crippen molar-refractivity contribution in [3.63, 3.8) is 0 Å². The predicted molar refractivity (Wildman–Crippen MR) is 84.1 cm³/mol. The monoisotopic (exact) mass is 356 g/mol. The van der Waals surface area contributed by atoms with E-state index in [1.54, 1.807) is 12.1 Å². The molecule has 1 atom stereocenters. The van der Waals surface area contributed by atoms with Crippen LogP contribution in [-0.4, -0.2) is 29.1 Å². The Morgan fingerprint density at radius 1 is 1.12 bits per heavy atom. The Morgan fingerprint density at radius 3 is 2.21 bits per heavy atom. The summed E-state index contributed by atoms with van der Waals surface area (Å²) >= 11 is 0. The number of carboxylic acids is 1. The maximum absolute atomic E-state index is 11.2. The second-order valence-corrected chi connectivity index (χ2v) is 7.25. The molecule has 0 fully saturated rings. The molecule has 1 rings (SSSR count). The molecule has 134 valence electrons. The third kappa shape index (κ3) is 7.25. The number of aromatic carboxylic acids is 1. The van der Waals surface area contributed by atoms with Crippen molar-refractivity contribution in [1.29, 1.82) is 0 Å². The van der Waals surface area contributed by atoms with Gasteiger partial charge in [0.1, 0.15) is 11.5 Å². The number of carbonyl (C=O) groups is 2. The van der Waals surface area contributed by atoms with E-state index >= 15 is 0 Å². The van der Waals surface area contributed by atoms with Crippen molar-refractivity contribution in [3.05, 3.63) is 29.8 Å². The maximum atomic E-state index is 11.2. The molecule has 8 heteroatoms. The molecule has 1 aromatic carbocycles. The van der Waals surface area contributed by atoms with Gasteiger partial charge in [0, 0.05) is 5.66 Å². The molecule has 0 spiro atoms. The summed E-state index contributed by atoms with van der Waals surface area (Å²) in [5.41, 5.74) is -1.22. The summed E-state index contributed by atoms with van der Waals surface area (Å²) in [6.45, 7) is 1.57. The van der Waals surface area contributed by atoms with Gasteiger partial charge >= 0.3 is 5.97 Å². The van der Waals surface area contributed by atoms with Gasteiger partial charge in [-0.1, -0.05) is 26.9 Å². The fraction of sp³-hybridized carbons (Fsp3) is 0.500. The van der Waals surface area contributed by atoms with Crippen LogP contribution in [0.15, 0.2) is 24.3 Å². The largest absolute Gasteiger partial charge is 0.810 e. The molecule has 0 saturated heterocycles. The quantitative estimate of drug-likeness (QED) is 0.471. The summed E-state index contributed by atoms with van der Waals surface area (Å²) in [6, 6.07) is 6.09. The molecule has 0 amide bonds. The zero-order valence-corrected chi connectivity index (χ0v) is 14.4. The SMILES string of the molecule is CC(=O)C(CCCCCCOc1ccc(C(=O)O)cc1)P(=O)([O-])[O-]. The van der Waals surface area contributed by atoms with E-state index in [1.165, 1.54) is 12.1 Å². The third-order valence-corrected chi connectivity index (χ3v) is 4.98. The van der Waals surface area contributed by atoms with E-state index in [9.17, 15) is 23.9 Å². The molecule has 24 heavy (non-hydrogen) atoms. The van der Waals surface area contributed by atoms with Gasteiger partial charge in [-0.3, -0.25) is 4.79 Å². The second-order valence-electron chi connectivity index (χ2n) is 5.55. The fourth-order valence-electron chi connectivity index (χ4n) is 2.26. The van der Waals surface area contributed by atoms with Gasteiger partial charge in [0.2, 0.25) is 0 Å². The van der Waals surface area contributed by atoms with E-state index < -0.39 is 25.0 Å². The summed E-state index contributed by atoms with van der Waals surface area (Å²) in [7, 11) is -4.86. The topological polar surface area (TPSA) is 127 Å². The number of benzene rings is 1. The van der Waals surface area contributed by atoms with E-state index in [-0.39, 0.29) is 12.0 Å². The number of rotatable bonds is 11. The number of carboxylic acid groups (broad SMARTS) is 1. The van der Waals surface area contributed by atoms with Crippen molar-refractivity contribution in [2.24, 2.45) is 0 Å². The zero-order valence-electron chi connectivity index (χ0n) is 13.5. The molecular formula is C16H21O7P-2. The van der Waals surface area contributed by atoms with Crippen molar-refractivity contribution in [3.8, 4) is 5.75 Å². The van der Waals surface area contributed by atoms with Crippen molar-refractivity contribution >= 4 is 19.3 Å².